The molecule has 1 aromatic carbocycles. The Balaban J connectivity index is 2.76. The van der Waals surface area contributed by atoms with Gasteiger partial charge in [0.2, 0.25) is 0 Å². The molecule has 3 heteroatoms. The highest BCUT2D eigenvalue weighted by molar-refractivity contribution is 5.34. The molecule has 94 valence electrons. The molecule has 1 aromatic rings. The van der Waals surface area contributed by atoms with Crippen LogP contribution in [0.4, 0.5) is 4.39 Å². The molecule has 1 unspecified atom stereocenters. The number of hydrogen-bond donors (Lipinski definition) is 1. The highest BCUT2D eigenvalue weighted by Crippen LogP contribution is 2.21. The van der Waals surface area contributed by atoms with Crippen molar-refractivity contribution in [2.75, 3.05) is 6.54 Å². The van der Waals surface area contributed by atoms with Gasteiger partial charge in [0, 0.05) is 12.1 Å². The molecule has 0 aliphatic carbocycles. The Hall–Kier alpha value is -1.35. The minimum absolute atomic E-state index is 0.0783. The lowest BCUT2D eigenvalue weighted by atomic mass is 10.2. The predicted octanol–water partition coefficient (Wildman–Crippen LogP) is 3.28. The first-order chi connectivity index (χ1) is 8.17. The summed E-state index contributed by atoms with van der Waals surface area (Å²) in [5.41, 5.74) is 0.840. The van der Waals surface area contributed by atoms with E-state index in [0.29, 0.717) is 12.3 Å². The fourth-order valence-electron chi connectivity index (χ4n) is 1.45. The molecule has 0 amide bonds. The lowest BCUT2D eigenvalue weighted by molar-refractivity contribution is 0.266. The first kappa shape index (κ1) is 13.7. The van der Waals surface area contributed by atoms with Crippen LogP contribution in [0.1, 0.15) is 25.8 Å². The molecule has 0 aliphatic rings. The molecule has 0 aliphatic heterocycles. The van der Waals surface area contributed by atoms with E-state index in [2.05, 4.69) is 18.8 Å². The van der Waals surface area contributed by atoms with E-state index in [1.54, 1.807) is 12.1 Å². The summed E-state index contributed by atoms with van der Waals surface area (Å²) < 4.78 is 18.8. The highest BCUT2D eigenvalue weighted by atomic mass is 19.1. The Morgan fingerprint density at radius 3 is 2.94 bits per heavy atom. The van der Waals surface area contributed by atoms with Gasteiger partial charge < -0.3 is 10.1 Å². The van der Waals surface area contributed by atoms with E-state index < -0.39 is 0 Å². The van der Waals surface area contributed by atoms with E-state index in [-0.39, 0.29) is 11.9 Å². The third-order valence-electron chi connectivity index (χ3n) is 2.41. The standard InChI is InChI=1S/C14H20FNO/c1-4-8-16-10-12-9-13(15)6-7-14(12)17-11(3)5-2/h5-7,9,11,16H,2,4,8,10H2,1,3H3. The molecule has 0 saturated heterocycles. The van der Waals surface area contributed by atoms with Gasteiger partial charge in [0.15, 0.2) is 0 Å². The third-order valence-corrected chi connectivity index (χ3v) is 2.41. The molecule has 0 bridgehead atoms. The molecule has 17 heavy (non-hydrogen) atoms. The minimum Gasteiger partial charge on any atom is -0.486 e. The van der Waals surface area contributed by atoms with Gasteiger partial charge in [-0.3, -0.25) is 0 Å². The highest BCUT2D eigenvalue weighted by Gasteiger charge is 2.07. The fraction of sp³-hybridized carbons (Fsp3) is 0.429. The lowest BCUT2D eigenvalue weighted by Gasteiger charge is -2.15. The van der Waals surface area contributed by atoms with Crippen LogP contribution in [0.3, 0.4) is 0 Å². The molecule has 0 fully saturated rings. The van der Waals surface area contributed by atoms with E-state index in [1.807, 2.05) is 6.92 Å². The smallest absolute Gasteiger partial charge is 0.124 e. The first-order valence-electron chi connectivity index (χ1n) is 5.95. The Kier molecular flexibility index (Phi) is 5.70. The maximum absolute atomic E-state index is 13.2. The zero-order valence-corrected chi connectivity index (χ0v) is 10.5. The Bertz CT molecular complexity index is 365. The van der Waals surface area contributed by atoms with E-state index in [1.165, 1.54) is 12.1 Å². The molecular formula is C14H20FNO. The van der Waals surface area contributed by atoms with Crippen molar-refractivity contribution < 1.29 is 9.13 Å². The van der Waals surface area contributed by atoms with Gasteiger partial charge in [0.1, 0.15) is 17.7 Å². The van der Waals surface area contributed by atoms with Gasteiger partial charge >= 0.3 is 0 Å². The fourth-order valence-corrected chi connectivity index (χ4v) is 1.45. The van der Waals surface area contributed by atoms with Gasteiger partial charge in [-0.2, -0.15) is 0 Å². The number of halogens is 1. The molecule has 0 radical (unpaired) electrons. The van der Waals surface area contributed by atoms with Crippen molar-refractivity contribution in [1.82, 2.24) is 5.32 Å². The van der Waals surface area contributed by atoms with E-state index >= 15 is 0 Å². The maximum Gasteiger partial charge on any atom is 0.124 e. The van der Waals surface area contributed by atoms with Crippen molar-refractivity contribution in [2.24, 2.45) is 0 Å². The lowest BCUT2D eigenvalue weighted by Crippen LogP contribution is -2.16. The van der Waals surface area contributed by atoms with Crippen LogP contribution >= 0.6 is 0 Å². The van der Waals surface area contributed by atoms with Crippen molar-refractivity contribution in [2.45, 2.75) is 32.9 Å². The second kappa shape index (κ2) is 7.07. The first-order valence-corrected chi connectivity index (χ1v) is 5.95. The zero-order valence-electron chi connectivity index (χ0n) is 10.5. The third kappa shape index (κ3) is 4.57. The van der Waals surface area contributed by atoms with Gasteiger partial charge in [-0.15, -0.1) is 0 Å². The summed E-state index contributed by atoms with van der Waals surface area (Å²) in [5.74, 6) is 0.472. The molecule has 0 heterocycles. The maximum atomic E-state index is 13.2. The summed E-state index contributed by atoms with van der Waals surface area (Å²) in [6.45, 7) is 9.19. The minimum atomic E-state index is -0.239. The Morgan fingerprint density at radius 1 is 1.53 bits per heavy atom. The number of rotatable bonds is 7. The number of hydrogen-bond acceptors (Lipinski definition) is 2. The summed E-state index contributed by atoms with van der Waals surface area (Å²) in [5, 5.41) is 3.24. The second-order valence-corrected chi connectivity index (χ2v) is 3.99. The van der Waals surface area contributed by atoms with E-state index in [4.69, 9.17) is 4.74 Å². The van der Waals surface area contributed by atoms with Crippen LogP contribution in [-0.4, -0.2) is 12.6 Å². The summed E-state index contributed by atoms with van der Waals surface area (Å²) in [6.07, 6.45) is 2.69. The largest absolute Gasteiger partial charge is 0.486 e. The summed E-state index contributed by atoms with van der Waals surface area (Å²) >= 11 is 0. The van der Waals surface area contributed by atoms with Crippen LogP contribution < -0.4 is 10.1 Å². The SMILES string of the molecule is C=CC(C)Oc1ccc(F)cc1CNCCC. The Morgan fingerprint density at radius 2 is 2.29 bits per heavy atom. The van der Waals surface area contributed by atoms with Gasteiger partial charge in [0.05, 0.1) is 0 Å². The van der Waals surface area contributed by atoms with E-state index in [9.17, 15) is 4.39 Å². The van der Waals surface area contributed by atoms with Crippen LogP contribution in [0.2, 0.25) is 0 Å². The average Bonchev–Trinajstić information content (AvgIpc) is 2.32. The summed E-state index contributed by atoms with van der Waals surface area (Å²) in [4.78, 5) is 0. The second-order valence-electron chi connectivity index (χ2n) is 3.99. The van der Waals surface area contributed by atoms with Crippen molar-refractivity contribution in [3.63, 3.8) is 0 Å². The summed E-state index contributed by atoms with van der Waals surface area (Å²) in [7, 11) is 0. The molecule has 1 atom stereocenters. The van der Waals surface area contributed by atoms with Crippen molar-refractivity contribution in [1.29, 1.82) is 0 Å². The van der Waals surface area contributed by atoms with Gasteiger partial charge in [-0.1, -0.05) is 19.6 Å². The van der Waals surface area contributed by atoms with Crippen molar-refractivity contribution >= 4 is 0 Å². The number of nitrogens with one attached hydrogen (secondary N) is 1. The van der Waals surface area contributed by atoms with Crippen LogP contribution in [-0.2, 0) is 6.54 Å². The Labute approximate surface area is 102 Å². The number of benzene rings is 1. The predicted molar refractivity (Wildman–Crippen MR) is 68.7 cm³/mol. The van der Waals surface area contributed by atoms with Gasteiger partial charge in [0.25, 0.3) is 0 Å². The zero-order chi connectivity index (χ0) is 12.7. The summed E-state index contributed by atoms with van der Waals surface area (Å²) in [6, 6.07) is 4.58. The molecule has 1 rings (SSSR count). The normalized spacial score (nSPS) is 12.2. The quantitative estimate of drug-likeness (QED) is 0.580. The molecule has 0 spiro atoms. The van der Waals surface area contributed by atoms with Crippen LogP contribution in [0.25, 0.3) is 0 Å². The van der Waals surface area contributed by atoms with Crippen molar-refractivity contribution in [3.8, 4) is 5.75 Å². The van der Waals surface area contributed by atoms with E-state index in [0.717, 1.165) is 18.5 Å². The average molecular weight is 237 g/mol. The van der Waals surface area contributed by atoms with Crippen LogP contribution in [0, 0.1) is 5.82 Å². The number of ether oxygens (including phenoxy) is 1. The van der Waals surface area contributed by atoms with Gasteiger partial charge in [-0.05, 0) is 38.1 Å². The molecule has 0 aromatic heterocycles. The molecular weight excluding hydrogens is 217 g/mol. The molecule has 2 nitrogen and oxygen atoms in total. The van der Waals surface area contributed by atoms with Crippen LogP contribution in [0.5, 0.6) is 5.75 Å². The molecule has 0 saturated carbocycles. The topological polar surface area (TPSA) is 21.3 Å². The molecule has 1 N–H and O–H groups in total. The monoisotopic (exact) mass is 237 g/mol. The van der Waals surface area contributed by atoms with Crippen molar-refractivity contribution in [3.05, 3.63) is 42.2 Å². The van der Waals surface area contributed by atoms with Crippen LogP contribution in [0.15, 0.2) is 30.9 Å². The van der Waals surface area contributed by atoms with Gasteiger partial charge in [-0.25, -0.2) is 4.39 Å².